The molecule has 7 nitrogen and oxygen atoms in total. The van der Waals surface area contributed by atoms with Gasteiger partial charge < -0.3 is 14.8 Å². The van der Waals surface area contributed by atoms with Crippen LogP contribution in [-0.2, 0) is 33.5 Å². The Bertz CT molecular complexity index is 1360. The summed E-state index contributed by atoms with van der Waals surface area (Å²) in [5.41, 5.74) is 1.17. The van der Waals surface area contributed by atoms with Crippen molar-refractivity contribution in [1.29, 1.82) is 0 Å². The molecule has 3 aromatic rings. The quantitative estimate of drug-likeness (QED) is 0.449. The molecule has 0 saturated carbocycles. The Labute approximate surface area is 213 Å². The third-order valence-electron chi connectivity index (χ3n) is 6.09. The summed E-state index contributed by atoms with van der Waals surface area (Å²) in [5, 5.41) is 3.29. The van der Waals surface area contributed by atoms with Gasteiger partial charge in [-0.05, 0) is 23.6 Å². The van der Waals surface area contributed by atoms with Crippen LogP contribution < -0.4 is 5.32 Å². The Kier molecular flexibility index (Phi) is 7.85. The van der Waals surface area contributed by atoms with E-state index in [-0.39, 0.29) is 48.2 Å². The van der Waals surface area contributed by atoms with Gasteiger partial charge in [-0.1, -0.05) is 35.9 Å². The highest BCUT2D eigenvalue weighted by molar-refractivity contribution is 7.85. The number of nitrogens with zero attached hydrogens (tertiary/aromatic N) is 2. The average molecular weight is 536 g/mol. The predicted molar refractivity (Wildman–Crippen MR) is 133 cm³/mol. The van der Waals surface area contributed by atoms with Crippen LogP contribution in [0.2, 0.25) is 5.02 Å². The molecule has 3 unspecified atom stereocenters. The van der Waals surface area contributed by atoms with Crippen LogP contribution in [0.1, 0.15) is 22.3 Å². The zero-order valence-corrected chi connectivity index (χ0v) is 21.0. The molecule has 0 spiro atoms. The molecule has 11 heteroatoms. The number of alkyl halides is 1. The van der Waals surface area contributed by atoms with Gasteiger partial charge in [-0.3, -0.25) is 18.6 Å². The van der Waals surface area contributed by atoms with Crippen LogP contribution >= 0.6 is 11.6 Å². The molecule has 2 heterocycles. The number of ketones is 1. The van der Waals surface area contributed by atoms with Gasteiger partial charge >= 0.3 is 0 Å². The molecule has 1 N–H and O–H groups in total. The van der Waals surface area contributed by atoms with Crippen LogP contribution in [0.25, 0.3) is 10.9 Å². The SMILES string of the molecule is CS(=O)CC(=O)c1ccc2ccn(CC(=O)N3CC(F)CC3C(=O)NCc3cccc(Cl)c3F)c2c1. The van der Waals surface area contributed by atoms with E-state index < -0.39 is 40.6 Å². The minimum atomic E-state index is -1.37. The molecule has 1 aliphatic rings. The number of likely N-dealkylation sites (tertiary alicyclic amines) is 1. The third-order valence-corrected chi connectivity index (χ3v) is 7.05. The van der Waals surface area contributed by atoms with Crippen LogP contribution in [0.4, 0.5) is 8.78 Å². The van der Waals surface area contributed by atoms with E-state index in [1.807, 2.05) is 0 Å². The Balaban J connectivity index is 1.48. The predicted octanol–water partition coefficient (Wildman–Crippen LogP) is 3.25. The summed E-state index contributed by atoms with van der Waals surface area (Å²) in [6.07, 6.45) is 1.60. The molecule has 2 amide bonds. The maximum absolute atomic E-state index is 14.3. The minimum absolute atomic E-state index is 0.0741. The van der Waals surface area contributed by atoms with E-state index in [2.05, 4.69) is 5.32 Å². The molecule has 1 aliphatic heterocycles. The molecule has 1 fully saturated rings. The van der Waals surface area contributed by atoms with Gasteiger partial charge in [0.2, 0.25) is 11.8 Å². The number of benzene rings is 2. The number of hydrogen-bond acceptors (Lipinski definition) is 4. The van der Waals surface area contributed by atoms with E-state index in [1.165, 1.54) is 23.3 Å². The standard InChI is InChI=1S/C25H24ClF2N3O4S/c1-36(35)14-22(32)16-6-5-15-7-8-30(20(15)9-16)13-23(33)31-12-18(27)10-21(31)25(34)29-11-17-3-2-4-19(26)24(17)28/h2-9,18,21H,10-14H2,1H3,(H,29,34). The number of nitrogens with one attached hydrogen (secondary N) is 1. The molecular formula is C25H24ClF2N3O4S. The van der Waals surface area contributed by atoms with Gasteiger partial charge in [-0.25, -0.2) is 8.78 Å². The molecule has 3 atom stereocenters. The summed E-state index contributed by atoms with van der Waals surface area (Å²) >= 11 is 5.77. The van der Waals surface area contributed by atoms with E-state index in [0.29, 0.717) is 11.1 Å². The molecule has 1 saturated heterocycles. The topological polar surface area (TPSA) is 88.5 Å². The number of fused-ring (bicyclic) bond motifs is 1. The fraction of sp³-hybridized carbons (Fsp3) is 0.320. The average Bonchev–Trinajstić information content (AvgIpc) is 3.42. The van der Waals surface area contributed by atoms with Crippen molar-refractivity contribution in [3.05, 3.63) is 70.6 Å². The highest BCUT2D eigenvalue weighted by Crippen LogP contribution is 2.24. The number of hydrogen-bond donors (Lipinski definition) is 1. The van der Waals surface area contributed by atoms with Crippen molar-refractivity contribution in [2.75, 3.05) is 18.6 Å². The molecule has 2 aromatic carbocycles. The van der Waals surface area contributed by atoms with Gasteiger partial charge in [0.05, 0.1) is 17.3 Å². The monoisotopic (exact) mass is 535 g/mol. The van der Waals surface area contributed by atoms with Gasteiger partial charge in [-0.2, -0.15) is 0 Å². The first-order chi connectivity index (χ1) is 17.1. The first kappa shape index (κ1) is 26.0. The Hall–Kier alpha value is -3.11. The zero-order chi connectivity index (χ0) is 26.0. The fourth-order valence-corrected chi connectivity index (χ4v) is 5.02. The summed E-state index contributed by atoms with van der Waals surface area (Å²) in [6, 6.07) is 10.2. The Morgan fingerprint density at radius 1 is 1.19 bits per heavy atom. The molecule has 1 aromatic heterocycles. The van der Waals surface area contributed by atoms with E-state index in [9.17, 15) is 27.4 Å². The second-order valence-electron chi connectivity index (χ2n) is 8.68. The summed E-state index contributed by atoms with van der Waals surface area (Å²) in [6.45, 7) is -0.545. The third kappa shape index (κ3) is 5.65. The van der Waals surface area contributed by atoms with Crippen molar-refractivity contribution in [3.63, 3.8) is 0 Å². The first-order valence-electron chi connectivity index (χ1n) is 11.2. The largest absolute Gasteiger partial charge is 0.350 e. The van der Waals surface area contributed by atoms with Crippen molar-refractivity contribution >= 4 is 50.9 Å². The summed E-state index contributed by atoms with van der Waals surface area (Å²) in [7, 11) is -1.28. The number of Topliss-reactive ketones (excluding diaryl/α,β-unsaturated/α-hetero) is 1. The summed E-state index contributed by atoms with van der Waals surface area (Å²) < 4.78 is 41.5. The second-order valence-corrected chi connectivity index (χ2v) is 10.5. The summed E-state index contributed by atoms with van der Waals surface area (Å²) in [5.74, 6) is -2.07. The van der Waals surface area contributed by atoms with E-state index in [4.69, 9.17) is 11.6 Å². The van der Waals surface area contributed by atoms with Crippen molar-refractivity contribution in [3.8, 4) is 0 Å². The lowest BCUT2D eigenvalue weighted by molar-refractivity contribution is -0.139. The number of aromatic nitrogens is 1. The van der Waals surface area contributed by atoms with Gasteiger partial charge in [0.1, 0.15) is 24.6 Å². The molecule has 0 aliphatic carbocycles. The van der Waals surface area contributed by atoms with Gasteiger partial charge in [-0.15, -0.1) is 0 Å². The lowest BCUT2D eigenvalue weighted by Gasteiger charge is -2.24. The molecule has 0 bridgehead atoms. The molecule has 4 rings (SSSR count). The molecule has 190 valence electrons. The highest BCUT2D eigenvalue weighted by atomic mass is 35.5. The number of rotatable bonds is 8. The maximum Gasteiger partial charge on any atom is 0.243 e. The minimum Gasteiger partial charge on any atom is -0.350 e. The van der Waals surface area contributed by atoms with Crippen LogP contribution in [0.3, 0.4) is 0 Å². The Morgan fingerprint density at radius 2 is 1.97 bits per heavy atom. The van der Waals surface area contributed by atoms with Crippen LogP contribution in [0.15, 0.2) is 48.7 Å². The molecule has 0 radical (unpaired) electrons. The summed E-state index contributed by atoms with van der Waals surface area (Å²) in [4.78, 5) is 39.4. The van der Waals surface area contributed by atoms with Crippen LogP contribution in [-0.4, -0.2) is 62.0 Å². The zero-order valence-electron chi connectivity index (χ0n) is 19.4. The van der Waals surface area contributed by atoms with Gasteiger partial charge in [0.25, 0.3) is 0 Å². The van der Waals surface area contributed by atoms with E-state index in [0.717, 1.165) is 5.39 Å². The van der Waals surface area contributed by atoms with Gasteiger partial charge in [0.15, 0.2) is 5.78 Å². The molecular weight excluding hydrogens is 512 g/mol. The highest BCUT2D eigenvalue weighted by Gasteiger charge is 2.39. The first-order valence-corrected chi connectivity index (χ1v) is 13.3. The normalized spacial score (nSPS) is 18.4. The van der Waals surface area contributed by atoms with Crippen molar-refractivity contribution in [1.82, 2.24) is 14.8 Å². The number of halogens is 3. The molecule has 36 heavy (non-hydrogen) atoms. The van der Waals surface area contributed by atoms with Gasteiger partial charge in [0, 0.05) is 52.9 Å². The number of carbonyl (C=O) groups is 3. The van der Waals surface area contributed by atoms with Crippen LogP contribution in [0, 0.1) is 5.82 Å². The van der Waals surface area contributed by atoms with Crippen molar-refractivity contribution in [2.45, 2.75) is 31.7 Å². The lowest BCUT2D eigenvalue weighted by Crippen LogP contribution is -2.46. The van der Waals surface area contributed by atoms with Crippen molar-refractivity contribution in [2.24, 2.45) is 0 Å². The Morgan fingerprint density at radius 3 is 2.72 bits per heavy atom. The van der Waals surface area contributed by atoms with Crippen LogP contribution in [0.5, 0.6) is 0 Å². The lowest BCUT2D eigenvalue weighted by atomic mass is 10.1. The van der Waals surface area contributed by atoms with E-state index in [1.54, 1.807) is 41.1 Å². The maximum atomic E-state index is 14.3. The smallest absolute Gasteiger partial charge is 0.243 e. The fourth-order valence-electron chi connectivity index (χ4n) is 4.29. The van der Waals surface area contributed by atoms with Crippen molar-refractivity contribution < 1.29 is 27.4 Å². The number of amides is 2. The second kappa shape index (κ2) is 10.9. The van der Waals surface area contributed by atoms with E-state index >= 15 is 0 Å². The number of carbonyl (C=O) groups excluding carboxylic acids is 3.